The normalized spacial score (nSPS) is 13.1. The topological polar surface area (TPSA) is 142 Å². The lowest BCUT2D eigenvalue weighted by Crippen LogP contribution is -2.47. The fraction of sp³-hybridized carbons (Fsp3) is 0.682. The van der Waals surface area contributed by atoms with E-state index in [4.69, 9.17) is 14.9 Å². The molecule has 0 bridgehead atoms. The van der Waals surface area contributed by atoms with Gasteiger partial charge in [0.05, 0.1) is 13.2 Å². The van der Waals surface area contributed by atoms with Gasteiger partial charge in [0.1, 0.15) is 12.1 Å². The second-order valence-corrected chi connectivity index (χ2v) is 13.7. The number of amides is 2. The number of carboxylic acids is 1. The van der Waals surface area contributed by atoms with Gasteiger partial charge in [0, 0.05) is 12.8 Å². The van der Waals surface area contributed by atoms with Crippen molar-refractivity contribution in [3.63, 3.8) is 0 Å². The highest BCUT2D eigenvalue weighted by Crippen LogP contribution is 2.14. The molecule has 0 rings (SSSR count). The fourth-order valence-corrected chi connectivity index (χ4v) is 5.48. The van der Waals surface area contributed by atoms with Crippen molar-refractivity contribution in [3.8, 4) is 0 Å². The molecule has 0 radical (unpaired) electrons. The van der Waals surface area contributed by atoms with E-state index < -0.39 is 24.5 Å². The van der Waals surface area contributed by atoms with Crippen LogP contribution in [0, 0.1) is 0 Å². The van der Waals surface area contributed by atoms with Crippen LogP contribution >= 0.6 is 0 Å². The monoisotopic (exact) mass is 743 g/mol. The molecule has 0 aliphatic carbocycles. The third-order valence-corrected chi connectivity index (χ3v) is 8.72. The predicted molar refractivity (Wildman–Crippen MR) is 217 cm³/mol. The summed E-state index contributed by atoms with van der Waals surface area (Å²) in [5.41, 5.74) is 0. The molecule has 0 aliphatic heterocycles. The van der Waals surface area contributed by atoms with Crippen molar-refractivity contribution in [1.29, 1.82) is 0 Å². The number of carbonyl (C=O) groups is 4. The van der Waals surface area contributed by atoms with Gasteiger partial charge in [0.15, 0.2) is 0 Å². The Bertz CT molecular complexity index is 1080. The number of rotatable bonds is 36. The Labute approximate surface area is 321 Å². The van der Waals surface area contributed by atoms with Crippen molar-refractivity contribution in [2.75, 3.05) is 13.2 Å². The quantitative estimate of drug-likeness (QED) is 0.0284. The van der Waals surface area contributed by atoms with E-state index in [1.165, 1.54) is 57.8 Å². The van der Waals surface area contributed by atoms with E-state index in [0.717, 1.165) is 77.0 Å². The number of aliphatic carboxylic acids is 1. The van der Waals surface area contributed by atoms with E-state index in [0.29, 0.717) is 12.8 Å². The number of esters is 1. The highest BCUT2D eigenvalue weighted by molar-refractivity contribution is 5.87. The second-order valence-electron chi connectivity index (χ2n) is 13.7. The highest BCUT2D eigenvalue weighted by Gasteiger charge is 2.18. The number of aliphatic hydroxyl groups excluding tert-OH is 1. The van der Waals surface area contributed by atoms with E-state index >= 15 is 0 Å². The molecule has 2 unspecified atom stereocenters. The van der Waals surface area contributed by atoms with Crippen molar-refractivity contribution in [2.24, 2.45) is 0 Å². The molecule has 53 heavy (non-hydrogen) atoms. The molecule has 0 aromatic rings. The van der Waals surface area contributed by atoms with Crippen LogP contribution in [-0.2, 0) is 23.9 Å². The molecule has 0 saturated carbocycles. The Kier molecular flexibility index (Phi) is 35.8. The molecule has 302 valence electrons. The molecule has 9 nitrogen and oxygen atoms in total. The molecular weight excluding hydrogens is 668 g/mol. The first-order valence-corrected chi connectivity index (χ1v) is 20.7. The summed E-state index contributed by atoms with van der Waals surface area (Å²) in [4.78, 5) is 47.4. The Hall–Kier alpha value is -3.46. The van der Waals surface area contributed by atoms with Gasteiger partial charge in [-0.1, -0.05) is 133 Å². The lowest BCUT2D eigenvalue weighted by Gasteiger charge is -2.15. The minimum absolute atomic E-state index is 0.144. The van der Waals surface area contributed by atoms with Crippen molar-refractivity contribution in [3.05, 3.63) is 60.8 Å². The van der Waals surface area contributed by atoms with Gasteiger partial charge in [0.2, 0.25) is 11.8 Å². The van der Waals surface area contributed by atoms with Crippen molar-refractivity contribution < 1.29 is 34.1 Å². The SMILES string of the molecule is CCCC/C=C\C/C=C\C(CCCCCCC(=O)NCC(=O)NC(CO)C(=O)O)OC(=O)CCCCCCCC/C=C\C/C=C\C/C=C\CCCCC. The average molecular weight is 743 g/mol. The molecule has 2 atom stereocenters. The zero-order valence-corrected chi connectivity index (χ0v) is 33.2. The van der Waals surface area contributed by atoms with Gasteiger partial charge in [-0.2, -0.15) is 0 Å². The molecule has 0 aromatic carbocycles. The Morgan fingerprint density at radius 1 is 0.585 bits per heavy atom. The molecule has 0 aromatic heterocycles. The van der Waals surface area contributed by atoms with E-state index in [1.54, 1.807) is 0 Å². The maximum atomic E-state index is 12.7. The number of ether oxygens (including phenoxy) is 1. The lowest BCUT2D eigenvalue weighted by atomic mass is 10.1. The maximum Gasteiger partial charge on any atom is 0.328 e. The molecule has 0 spiro atoms. The third-order valence-electron chi connectivity index (χ3n) is 8.72. The Morgan fingerprint density at radius 3 is 1.70 bits per heavy atom. The number of nitrogens with one attached hydrogen (secondary N) is 2. The summed E-state index contributed by atoms with van der Waals surface area (Å²) >= 11 is 0. The summed E-state index contributed by atoms with van der Waals surface area (Å²) in [5.74, 6) is -2.45. The molecule has 2 amide bonds. The summed E-state index contributed by atoms with van der Waals surface area (Å²) in [5, 5.41) is 22.5. The number of allylic oxidation sites excluding steroid dienone is 9. The number of carbonyl (C=O) groups excluding carboxylic acids is 3. The van der Waals surface area contributed by atoms with Crippen LogP contribution in [-0.4, -0.2) is 59.3 Å². The first-order valence-electron chi connectivity index (χ1n) is 20.7. The number of hydrogen-bond acceptors (Lipinski definition) is 6. The first-order chi connectivity index (χ1) is 25.8. The second kappa shape index (κ2) is 38.3. The predicted octanol–water partition coefficient (Wildman–Crippen LogP) is 9.76. The van der Waals surface area contributed by atoms with E-state index in [1.807, 2.05) is 6.08 Å². The van der Waals surface area contributed by atoms with Crippen LogP contribution in [0.5, 0.6) is 0 Å². The van der Waals surface area contributed by atoms with Crippen LogP contribution in [0.25, 0.3) is 0 Å². The van der Waals surface area contributed by atoms with Crippen molar-refractivity contribution in [2.45, 2.75) is 180 Å². The largest absolute Gasteiger partial charge is 0.480 e. The van der Waals surface area contributed by atoms with Gasteiger partial charge < -0.3 is 25.6 Å². The van der Waals surface area contributed by atoms with E-state index in [9.17, 15) is 19.2 Å². The number of unbranched alkanes of at least 4 members (excludes halogenated alkanes) is 14. The Balaban J connectivity index is 4.25. The molecule has 0 saturated heterocycles. The molecular formula is C44H74N2O7. The van der Waals surface area contributed by atoms with E-state index in [2.05, 4.69) is 79.2 Å². The van der Waals surface area contributed by atoms with Crippen LogP contribution < -0.4 is 10.6 Å². The summed E-state index contributed by atoms with van der Waals surface area (Å²) in [6.45, 7) is 3.35. The number of aliphatic hydroxyl groups is 1. The lowest BCUT2D eigenvalue weighted by molar-refractivity contribution is -0.147. The zero-order valence-electron chi connectivity index (χ0n) is 33.2. The maximum absolute atomic E-state index is 12.7. The van der Waals surface area contributed by atoms with Crippen molar-refractivity contribution >= 4 is 23.8 Å². The van der Waals surface area contributed by atoms with Gasteiger partial charge in [-0.05, 0) is 83.1 Å². The van der Waals surface area contributed by atoms with Gasteiger partial charge in [-0.25, -0.2) is 4.79 Å². The summed E-state index contributed by atoms with van der Waals surface area (Å²) < 4.78 is 5.86. The minimum atomic E-state index is -1.39. The van der Waals surface area contributed by atoms with Crippen molar-refractivity contribution in [1.82, 2.24) is 10.6 Å². The standard InChI is InChI=1S/C44H74N2O7/c1-3-5-7-9-11-12-13-14-15-16-17-18-19-20-21-22-24-26-32-36-43(50)53-39(33-29-25-23-10-8-6-4-2)34-30-27-28-31-35-41(48)45-37-42(49)46-40(38-47)44(51)52/h10-12,14-15,17-18,23,29,33,39-40,47H,3-9,13,16,19-22,24-28,30-32,34-38H2,1-2H3,(H,45,48)(H,46,49)(H,51,52)/b12-11-,15-14-,18-17-,23-10-,33-29-. The van der Waals surface area contributed by atoms with Crippen LogP contribution in [0.15, 0.2) is 60.8 Å². The average Bonchev–Trinajstić information content (AvgIpc) is 3.14. The van der Waals surface area contributed by atoms with Gasteiger partial charge in [-0.3, -0.25) is 14.4 Å². The minimum Gasteiger partial charge on any atom is -0.480 e. The number of carboxylic acid groups (broad SMARTS) is 1. The van der Waals surface area contributed by atoms with Crippen LogP contribution in [0.2, 0.25) is 0 Å². The third kappa shape index (κ3) is 35.3. The Morgan fingerprint density at radius 2 is 1.09 bits per heavy atom. The molecule has 0 aliphatic rings. The summed E-state index contributed by atoms with van der Waals surface area (Å²) in [6.07, 6.45) is 45.6. The first kappa shape index (κ1) is 49.5. The molecule has 4 N–H and O–H groups in total. The molecule has 0 heterocycles. The number of hydrogen-bond donors (Lipinski definition) is 4. The van der Waals surface area contributed by atoms with Crippen LogP contribution in [0.3, 0.4) is 0 Å². The molecule has 0 fully saturated rings. The molecule has 9 heteroatoms. The van der Waals surface area contributed by atoms with Crippen LogP contribution in [0.4, 0.5) is 0 Å². The van der Waals surface area contributed by atoms with Gasteiger partial charge in [0.25, 0.3) is 0 Å². The summed E-state index contributed by atoms with van der Waals surface area (Å²) in [7, 11) is 0. The highest BCUT2D eigenvalue weighted by atomic mass is 16.5. The van der Waals surface area contributed by atoms with Gasteiger partial charge >= 0.3 is 11.9 Å². The smallest absolute Gasteiger partial charge is 0.328 e. The zero-order chi connectivity index (χ0) is 39.0. The van der Waals surface area contributed by atoms with Gasteiger partial charge in [-0.15, -0.1) is 0 Å². The van der Waals surface area contributed by atoms with Crippen LogP contribution in [0.1, 0.15) is 168 Å². The fourth-order valence-electron chi connectivity index (χ4n) is 5.48. The van der Waals surface area contributed by atoms with E-state index in [-0.39, 0.29) is 30.9 Å². The summed E-state index contributed by atoms with van der Waals surface area (Å²) in [6, 6.07) is -1.39.